The lowest BCUT2D eigenvalue weighted by molar-refractivity contribution is 0.153. The van der Waals surface area contributed by atoms with Crippen molar-refractivity contribution in [2.45, 2.75) is 37.8 Å². The van der Waals surface area contributed by atoms with Crippen LogP contribution < -0.4 is 5.32 Å². The molecule has 0 spiro atoms. The highest BCUT2D eigenvalue weighted by Crippen LogP contribution is 2.33. The molecule has 4 nitrogen and oxygen atoms in total. The van der Waals surface area contributed by atoms with Crippen molar-refractivity contribution in [1.82, 2.24) is 10.2 Å². The molecule has 0 atom stereocenters. The topological polar surface area (TPSA) is 55.7 Å². The third-order valence-corrected chi connectivity index (χ3v) is 4.35. The van der Waals surface area contributed by atoms with Gasteiger partial charge in [-0.1, -0.05) is 25.0 Å². The van der Waals surface area contributed by atoms with Crippen LogP contribution in [0.25, 0.3) is 0 Å². The third kappa shape index (κ3) is 3.01. The van der Waals surface area contributed by atoms with Crippen LogP contribution in [0.4, 0.5) is 0 Å². The maximum Gasteiger partial charge on any atom is 0.161 e. The highest BCUT2D eigenvalue weighted by Gasteiger charge is 2.35. The molecule has 0 saturated heterocycles. The van der Waals surface area contributed by atoms with Crippen molar-refractivity contribution in [2.24, 2.45) is 0 Å². The van der Waals surface area contributed by atoms with Crippen molar-refractivity contribution in [3.8, 4) is 11.5 Å². The van der Waals surface area contributed by atoms with E-state index in [9.17, 15) is 10.2 Å². The molecule has 1 aliphatic carbocycles. The van der Waals surface area contributed by atoms with Crippen LogP contribution in [0.3, 0.4) is 0 Å². The smallest absolute Gasteiger partial charge is 0.161 e. The van der Waals surface area contributed by atoms with E-state index in [2.05, 4.69) is 24.3 Å². The second-order valence-electron chi connectivity index (χ2n) is 5.71. The Kier molecular flexibility index (Phi) is 4.32. The predicted molar refractivity (Wildman–Crippen MR) is 76.4 cm³/mol. The van der Waals surface area contributed by atoms with Crippen LogP contribution in [-0.2, 0) is 6.54 Å². The second kappa shape index (κ2) is 5.80. The quantitative estimate of drug-likeness (QED) is 0.713. The fourth-order valence-electron chi connectivity index (χ4n) is 2.97. The monoisotopic (exact) mass is 264 g/mol. The lowest BCUT2D eigenvalue weighted by Gasteiger charge is -2.36. The fraction of sp³-hybridized carbons (Fsp3) is 0.600. The molecule has 0 heterocycles. The Morgan fingerprint density at radius 1 is 1.21 bits per heavy atom. The van der Waals surface area contributed by atoms with Gasteiger partial charge in [0.05, 0.1) is 0 Å². The van der Waals surface area contributed by atoms with Crippen LogP contribution in [0.5, 0.6) is 11.5 Å². The Morgan fingerprint density at radius 2 is 1.89 bits per heavy atom. The molecule has 0 aliphatic heterocycles. The van der Waals surface area contributed by atoms with E-state index in [4.69, 9.17) is 0 Å². The van der Waals surface area contributed by atoms with E-state index in [1.54, 1.807) is 6.07 Å². The zero-order valence-corrected chi connectivity index (χ0v) is 11.8. The maximum atomic E-state index is 9.76. The van der Waals surface area contributed by atoms with Crippen LogP contribution in [-0.4, -0.2) is 41.3 Å². The van der Waals surface area contributed by atoms with Crippen LogP contribution in [0.2, 0.25) is 0 Å². The van der Waals surface area contributed by atoms with E-state index < -0.39 is 0 Å². The minimum atomic E-state index is -0.0533. The Labute approximate surface area is 115 Å². The summed E-state index contributed by atoms with van der Waals surface area (Å²) in [4.78, 5) is 2.31. The van der Waals surface area contributed by atoms with Crippen molar-refractivity contribution in [1.29, 1.82) is 0 Å². The average Bonchev–Trinajstić information content (AvgIpc) is 2.85. The molecule has 4 heteroatoms. The van der Waals surface area contributed by atoms with E-state index in [-0.39, 0.29) is 17.0 Å². The lowest BCUT2D eigenvalue weighted by Crippen LogP contribution is -2.49. The number of phenolic OH excluding ortho intramolecular Hbond substituents is 2. The number of hydrogen-bond acceptors (Lipinski definition) is 4. The summed E-state index contributed by atoms with van der Waals surface area (Å²) in [6.45, 7) is 1.49. The molecule has 0 aromatic heterocycles. The molecule has 2 rings (SSSR count). The van der Waals surface area contributed by atoms with E-state index in [0.29, 0.717) is 6.54 Å². The maximum absolute atomic E-state index is 9.76. The molecule has 106 valence electrons. The molecule has 19 heavy (non-hydrogen) atoms. The molecule has 3 N–H and O–H groups in total. The fourth-order valence-corrected chi connectivity index (χ4v) is 2.97. The van der Waals surface area contributed by atoms with Gasteiger partial charge in [-0.15, -0.1) is 0 Å². The van der Waals surface area contributed by atoms with Gasteiger partial charge in [0.15, 0.2) is 11.5 Å². The van der Waals surface area contributed by atoms with E-state index in [0.717, 1.165) is 12.1 Å². The minimum Gasteiger partial charge on any atom is -0.504 e. The van der Waals surface area contributed by atoms with E-state index in [1.807, 2.05) is 6.07 Å². The predicted octanol–water partition coefficient (Wildman–Crippen LogP) is 2.06. The largest absolute Gasteiger partial charge is 0.504 e. The number of likely N-dealkylation sites (N-methyl/N-ethyl adjacent to an activating group) is 1. The Hall–Kier alpha value is -1.26. The zero-order chi connectivity index (χ0) is 13.9. The summed E-state index contributed by atoms with van der Waals surface area (Å²) >= 11 is 0. The molecule has 1 fully saturated rings. The number of nitrogens with zero attached hydrogens (tertiary/aromatic N) is 1. The van der Waals surface area contributed by atoms with Gasteiger partial charge in [-0.25, -0.2) is 0 Å². The van der Waals surface area contributed by atoms with Gasteiger partial charge in [-0.2, -0.15) is 0 Å². The molecule has 1 aromatic carbocycles. The molecular formula is C15H24N2O2. The summed E-state index contributed by atoms with van der Waals surface area (Å²) in [5.74, 6) is -0.0668. The van der Waals surface area contributed by atoms with Crippen molar-refractivity contribution >= 4 is 0 Å². The lowest BCUT2D eigenvalue weighted by atomic mass is 9.96. The highest BCUT2D eigenvalue weighted by molar-refractivity contribution is 5.44. The zero-order valence-electron chi connectivity index (χ0n) is 11.8. The minimum absolute atomic E-state index is 0.0136. The number of hydrogen-bond donors (Lipinski definition) is 3. The molecular weight excluding hydrogens is 240 g/mol. The van der Waals surface area contributed by atoms with Crippen LogP contribution >= 0.6 is 0 Å². The molecule has 0 radical (unpaired) electrons. The van der Waals surface area contributed by atoms with Gasteiger partial charge in [0, 0.05) is 24.2 Å². The first-order valence-electron chi connectivity index (χ1n) is 6.93. The van der Waals surface area contributed by atoms with Gasteiger partial charge >= 0.3 is 0 Å². The third-order valence-electron chi connectivity index (χ3n) is 4.35. The summed E-state index contributed by atoms with van der Waals surface area (Å²) in [7, 11) is 4.28. The molecule has 0 unspecified atom stereocenters. The molecule has 1 saturated carbocycles. The van der Waals surface area contributed by atoms with Crippen LogP contribution in [0.1, 0.15) is 31.2 Å². The second-order valence-corrected chi connectivity index (χ2v) is 5.71. The van der Waals surface area contributed by atoms with Crippen LogP contribution in [0.15, 0.2) is 18.2 Å². The number of rotatable bonds is 5. The van der Waals surface area contributed by atoms with Crippen LogP contribution in [0, 0.1) is 0 Å². The molecule has 0 amide bonds. The summed E-state index contributed by atoms with van der Waals surface area (Å²) < 4.78 is 0. The number of benzene rings is 1. The van der Waals surface area contributed by atoms with Crippen molar-refractivity contribution in [3.05, 3.63) is 23.8 Å². The number of aromatic hydroxyl groups is 2. The first-order valence-corrected chi connectivity index (χ1v) is 6.93. The van der Waals surface area contributed by atoms with Crippen molar-refractivity contribution < 1.29 is 10.2 Å². The van der Waals surface area contributed by atoms with Gasteiger partial charge in [-0.3, -0.25) is 0 Å². The molecule has 1 aliphatic rings. The SMILES string of the molecule is CN(C)C1(CNCc2cccc(O)c2O)CCCC1. The van der Waals surface area contributed by atoms with Crippen molar-refractivity contribution in [2.75, 3.05) is 20.6 Å². The summed E-state index contributed by atoms with van der Waals surface area (Å²) in [5.41, 5.74) is 0.985. The first kappa shape index (κ1) is 14.2. The van der Waals surface area contributed by atoms with Gasteiger partial charge in [0.1, 0.15) is 0 Å². The number of nitrogens with one attached hydrogen (secondary N) is 1. The van der Waals surface area contributed by atoms with E-state index in [1.165, 1.54) is 31.7 Å². The molecule has 0 bridgehead atoms. The Bertz CT molecular complexity index is 426. The Morgan fingerprint density at radius 3 is 2.53 bits per heavy atom. The Balaban J connectivity index is 1.94. The normalized spacial score (nSPS) is 18.1. The van der Waals surface area contributed by atoms with E-state index >= 15 is 0 Å². The summed E-state index contributed by atoms with van der Waals surface area (Å²) in [6, 6.07) is 5.08. The first-order chi connectivity index (χ1) is 9.05. The molecule has 1 aromatic rings. The van der Waals surface area contributed by atoms with Gasteiger partial charge in [0.25, 0.3) is 0 Å². The highest BCUT2D eigenvalue weighted by atomic mass is 16.3. The number of para-hydroxylation sites is 1. The van der Waals surface area contributed by atoms with Gasteiger partial charge < -0.3 is 20.4 Å². The summed E-state index contributed by atoms with van der Waals surface area (Å²) in [5, 5.41) is 22.6. The number of phenols is 2. The summed E-state index contributed by atoms with van der Waals surface area (Å²) in [6.07, 6.45) is 5.02. The van der Waals surface area contributed by atoms with Gasteiger partial charge in [0.2, 0.25) is 0 Å². The average molecular weight is 264 g/mol. The van der Waals surface area contributed by atoms with Gasteiger partial charge in [-0.05, 0) is 33.0 Å². The van der Waals surface area contributed by atoms with Crippen molar-refractivity contribution in [3.63, 3.8) is 0 Å². The standard InChI is InChI=1S/C15H24N2O2/c1-17(2)15(8-3-4-9-15)11-16-10-12-6-5-7-13(18)14(12)19/h5-7,16,18-19H,3-4,8-11H2,1-2H3.